The predicted octanol–water partition coefficient (Wildman–Crippen LogP) is 2.48. The van der Waals surface area contributed by atoms with Gasteiger partial charge in [0.15, 0.2) is 0 Å². The van der Waals surface area contributed by atoms with Gasteiger partial charge in [0.2, 0.25) is 0 Å². The number of aromatic nitrogens is 1. The van der Waals surface area contributed by atoms with Crippen LogP contribution in [-0.2, 0) is 0 Å². The lowest BCUT2D eigenvalue weighted by Crippen LogP contribution is -1.91. The Labute approximate surface area is 86.5 Å². The van der Waals surface area contributed by atoms with Gasteiger partial charge in [0, 0.05) is 17.6 Å². The van der Waals surface area contributed by atoms with E-state index in [-0.39, 0.29) is 0 Å². The standard InChI is InChI=1S/C10H9ClN2O/c1-14-6-2-3-7-9(4-6)13-5-8(11)10(7)12/h2-5H,1H3,(H2,12,13). The fraction of sp³-hybridized carbons (Fsp3) is 0.100. The summed E-state index contributed by atoms with van der Waals surface area (Å²) in [5.41, 5.74) is 7.14. The molecule has 0 aliphatic carbocycles. The van der Waals surface area contributed by atoms with E-state index in [0.717, 1.165) is 16.7 Å². The number of fused-ring (bicyclic) bond motifs is 1. The van der Waals surface area contributed by atoms with Crippen molar-refractivity contribution in [2.45, 2.75) is 0 Å². The number of nitrogen functional groups attached to an aromatic ring is 1. The van der Waals surface area contributed by atoms with E-state index >= 15 is 0 Å². The van der Waals surface area contributed by atoms with Crippen molar-refractivity contribution in [1.29, 1.82) is 0 Å². The number of pyridine rings is 1. The normalized spacial score (nSPS) is 10.4. The molecule has 0 fully saturated rings. The Morgan fingerprint density at radius 2 is 2.21 bits per heavy atom. The third-order valence-corrected chi connectivity index (χ3v) is 2.37. The van der Waals surface area contributed by atoms with Crippen molar-refractivity contribution in [1.82, 2.24) is 4.98 Å². The Bertz CT molecular complexity index is 485. The van der Waals surface area contributed by atoms with Crippen molar-refractivity contribution >= 4 is 28.2 Å². The number of nitrogens with zero attached hydrogens (tertiary/aromatic N) is 1. The van der Waals surface area contributed by atoms with Crippen LogP contribution in [0.2, 0.25) is 5.02 Å². The van der Waals surface area contributed by atoms with Crippen LogP contribution >= 0.6 is 11.6 Å². The fourth-order valence-corrected chi connectivity index (χ4v) is 1.45. The van der Waals surface area contributed by atoms with E-state index in [2.05, 4.69) is 4.98 Å². The van der Waals surface area contributed by atoms with Gasteiger partial charge in [-0.05, 0) is 12.1 Å². The molecule has 0 aliphatic rings. The summed E-state index contributed by atoms with van der Waals surface area (Å²) in [5, 5.41) is 1.32. The molecule has 4 heteroatoms. The molecule has 0 spiro atoms. The van der Waals surface area contributed by atoms with Crippen molar-refractivity contribution in [3.63, 3.8) is 0 Å². The highest BCUT2D eigenvalue weighted by atomic mass is 35.5. The quantitative estimate of drug-likeness (QED) is 0.783. The molecule has 0 atom stereocenters. The molecule has 0 bridgehead atoms. The van der Waals surface area contributed by atoms with Gasteiger partial charge in [-0.3, -0.25) is 4.98 Å². The van der Waals surface area contributed by atoms with Gasteiger partial charge in [-0.15, -0.1) is 0 Å². The topological polar surface area (TPSA) is 48.1 Å². The molecule has 1 heterocycles. The molecule has 2 rings (SSSR count). The third-order valence-electron chi connectivity index (χ3n) is 2.07. The summed E-state index contributed by atoms with van der Waals surface area (Å²) in [6.07, 6.45) is 1.54. The second-order valence-corrected chi connectivity index (χ2v) is 3.31. The zero-order valence-electron chi connectivity index (χ0n) is 7.62. The number of rotatable bonds is 1. The Morgan fingerprint density at radius 1 is 1.43 bits per heavy atom. The van der Waals surface area contributed by atoms with Gasteiger partial charge in [0.05, 0.1) is 23.3 Å². The van der Waals surface area contributed by atoms with Crippen molar-refractivity contribution < 1.29 is 4.74 Å². The van der Waals surface area contributed by atoms with Crippen molar-refractivity contribution in [2.24, 2.45) is 0 Å². The SMILES string of the molecule is COc1ccc2c(N)c(Cl)cnc2c1. The van der Waals surface area contributed by atoms with Crippen LogP contribution in [0.4, 0.5) is 5.69 Å². The van der Waals surface area contributed by atoms with Gasteiger partial charge in [-0.2, -0.15) is 0 Å². The lowest BCUT2D eigenvalue weighted by molar-refractivity contribution is 0.415. The molecule has 0 saturated heterocycles. The Hall–Kier alpha value is -1.48. The zero-order chi connectivity index (χ0) is 10.1. The molecular formula is C10H9ClN2O. The van der Waals surface area contributed by atoms with Gasteiger partial charge in [0.25, 0.3) is 0 Å². The maximum absolute atomic E-state index is 5.84. The van der Waals surface area contributed by atoms with E-state index in [1.165, 1.54) is 0 Å². The highest BCUT2D eigenvalue weighted by molar-refractivity contribution is 6.34. The highest BCUT2D eigenvalue weighted by Crippen LogP contribution is 2.28. The molecule has 0 saturated carbocycles. The summed E-state index contributed by atoms with van der Waals surface area (Å²) in [6, 6.07) is 5.50. The lowest BCUT2D eigenvalue weighted by Gasteiger charge is -2.05. The van der Waals surface area contributed by atoms with Crippen LogP contribution in [-0.4, -0.2) is 12.1 Å². The average Bonchev–Trinajstić information content (AvgIpc) is 2.23. The van der Waals surface area contributed by atoms with Crippen LogP contribution in [0.15, 0.2) is 24.4 Å². The van der Waals surface area contributed by atoms with E-state index in [9.17, 15) is 0 Å². The molecular weight excluding hydrogens is 200 g/mol. The molecule has 0 aliphatic heterocycles. The monoisotopic (exact) mass is 208 g/mol. The molecule has 72 valence electrons. The van der Waals surface area contributed by atoms with Crippen molar-refractivity contribution in [3.8, 4) is 5.75 Å². The minimum absolute atomic E-state index is 0.475. The van der Waals surface area contributed by atoms with E-state index in [4.69, 9.17) is 22.1 Å². The van der Waals surface area contributed by atoms with E-state index in [0.29, 0.717) is 10.7 Å². The minimum atomic E-state index is 0.475. The summed E-state index contributed by atoms with van der Waals surface area (Å²) in [7, 11) is 1.61. The molecule has 0 unspecified atom stereocenters. The van der Waals surface area contributed by atoms with Gasteiger partial charge in [0.1, 0.15) is 5.75 Å². The second kappa shape index (κ2) is 3.35. The number of benzene rings is 1. The largest absolute Gasteiger partial charge is 0.497 e. The van der Waals surface area contributed by atoms with Crippen LogP contribution < -0.4 is 10.5 Å². The molecule has 0 amide bonds. The summed E-state index contributed by atoms with van der Waals surface area (Å²) in [4.78, 5) is 4.16. The second-order valence-electron chi connectivity index (χ2n) is 2.90. The fourth-order valence-electron chi connectivity index (χ4n) is 1.30. The summed E-state index contributed by atoms with van der Waals surface area (Å²) in [5.74, 6) is 0.756. The molecule has 2 aromatic rings. The van der Waals surface area contributed by atoms with E-state index in [1.807, 2.05) is 18.2 Å². The minimum Gasteiger partial charge on any atom is -0.497 e. The van der Waals surface area contributed by atoms with E-state index < -0.39 is 0 Å². The number of ether oxygens (including phenoxy) is 1. The lowest BCUT2D eigenvalue weighted by atomic mass is 10.2. The van der Waals surface area contributed by atoms with Crippen molar-refractivity contribution in [3.05, 3.63) is 29.4 Å². The molecule has 14 heavy (non-hydrogen) atoms. The smallest absolute Gasteiger partial charge is 0.121 e. The average molecular weight is 209 g/mol. The zero-order valence-corrected chi connectivity index (χ0v) is 8.38. The number of anilines is 1. The van der Waals surface area contributed by atoms with Crippen LogP contribution in [0.5, 0.6) is 5.75 Å². The Balaban J connectivity index is 2.74. The number of hydrogen-bond donors (Lipinski definition) is 1. The van der Waals surface area contributed by atoms with Gasteiger partial charge < -0.3 is 10.5 Å². The van der Waals surface area contributed by atoms with Crippen LogP contribution in [0.1, 0.15) is 0 Å². The number of nitrogens with two attached hydrogens (primary N) is 1. The first-order valence-corrected chi connectivity index (χ1v) is 4.48. The highest BCUT2D eigenvalue weighted by Gasteiger charge is 2.04. The number of methoxy groups -OCH3 is 1. The number of hydrogen-bond acceptors (Lipinski definition) is 3. The predicted molar refractivity (Wildman–Crippen MR) is 57.7 cm³/mol. The molecule has 2 N–H and O–H groups in total. The third kappa shape index (κ3) is 1.36. The first-order chi connectivity index (χ1) is 6.72. The Morgan fingerprint density at radius 3 is 2.93 bits per heavy atom. The first kappa shape index (κ1) is 9.09. The summed E-state index contributed by atoms with van der Waals surface area (Å²) < 4.78 is 5.08. The number of halogens is 1. The van der Waals surface area contributed by atoms with Crippen LogP contribution in [0, 0.1) is 0 Å². The Kier molecular flexibility index (Phi) is 2.17. The van der Waals surface area contributed by atoms with Gasteiger partial charge >= 0.3 is 0 Å². The van der Waals surface area contributed by atoms with Crippen LogP contribution in [0.3, 0.4) is 0 Å². The molecule has 0 radical (unpaired) electrons. The first-order valence-electron chi connectivity index (χ1n) is 4.10. The molecule has 1 aromatic carbocycles. The van der Waals surface area contributed by atoms with Crippen LogP contribution in [0.25, 0.3) is 10.9 Å². The molecule has 1 aromatic heterocycles. The van der Waals surface area contributed by atoms with Gasteiger partial charge in [-0.1, -0.05) is 11.6 Å². The van der Waals surface area contributed by atoms with Gasteiger partial charge in [-0.25, -0.2) is 0 Å². The van der Waals surface area contributed by atoms with E-state index in [1.54, 1.807) is 13.3 Å². The summed E-state index contributed by atoms with van der Waals surface area (Å²) in [6.45, 7) is 0. The van der Waals surface area contributed by atoms with Crippen molar-refractivity contribution in [2.75, 3.05) is 12.8 Å². The molecule has 3 nitrogen and oxygen atoms in total. The summed E-state index contributed by atoms with van der Waals surface area (Å²) >= 11 is 5.84. The maximum Gasteiger partial charge on any atom is 0.121 e. The maximum atomic E-state index is 5.84.